The van der Waals surface area contributed by atoms with Crippen molar-refractivity contribution in [1.82, 2.24) is 0 Å². The third kappa shape index (κ3) is 3.51. The predicted molar refractivity (Wildman–Crippen MR) is 63.2 cm³/mol. The van der Waals surface area contributed by atoms with Crippen molar-refractivity contribution < 1.29 is 39.9 Å². The van der Waals surface area contributed by atoms with Gasteiger partial charge in [0.25, 0.3) is 0 Å². The maximum Gasteiger partial charge on any atom is 0.377 e. The van der Waals surface area contributed by atoms with Crippen LogP contribution in [0, 0.1) is 0 Å². The van der Waals surface area contributed by atoms with Gasteiger partial charge in [-0.15, -0.1) is 0 Å². The van der Waals surface area contributed by atoms with E-state index in [4.69, 9.17) is 26.2 Å². The van der Waals surface area contributed by atoms with Crippen LogP contribution in [0.3, 0.4) is 0 Å². The molecule has 120 valence electrons. The normalized spacial score (nSPS) is 35.4. The number of aliphatic hydroxyl groups is 4. The number of ether oxygens (including phenoxy) is 1. The van der Waals surface area contributed by atoms with Gasteiger partial charge in [-0.2, -0.15) is 0 Å². The monoisotopic (exact) mass is 308 g/mol. The summed E-state index contributed by atoms with van der Waals surface area (Å²) in [6, 6.07) is -1.26. The summed E-state index contributed by atoms with van der Waals surface area (Å²) in [4.78, 5) is 17.9. The Morgan fingerprint density at radius 2 is 2.24 bits per heavy atom. The lowest BCUT2D eigenvalue weighted by Crippen LogP contribution is -2.66. The number of hydrogen-bond donors (Lipinski definition) is 6. The Bertz CT molecular complexity index is 430. The van der Waals surface area contributed by atoms with Gasteiger partial charge < -0.3 is 40.8 Å². The lowest BCUT2D eigenvalue weighted by molar-refractivity contribution is -0.310. The summed E-state index contributed by atoms with van der Waals surface area (Å²) in [5.74, 6) is -4.29. The molecule has 0 unspecified atom stereocenters. The molecule has 1 rings (SSSR count). The summed E-state index contributed by atoms with van der Waals surface area (Å²) in [6.45, 7) is -0.846. The van der Waals surface area contributed by atoms with E-state index in [1.54, 1.807) is 0 Å². The molecule has 12 nitrogen and oxygen atoms in total. The number of nitrogens with zero attached hydrogens (tertiary/aromatic N) is 3. The maximum atomic E-state index is 11.3. The molecule has 0 saturated carbocycles. The van der Waals surface area contributed by atoms with E-state index in [9.17, 15) is 20.1 Å². The summed E-state index contributed by atoms with van der Waals surface area (Å²) in [6.07, 6.45) is -7.22. The van der Waals surface area contributed by atoms with Crippen LogP contribution >= 0.6 is 0 Å². The van der Waals surface area contributed by atoms with Crippen molar-refractivity contribution in [2.75, 3.05) is 6.61 Å². The number of carbonyl (C=O) groups is 1. The van der Waals surface area contributed by atoms with Crippen LogP contribution in [-0.4, -0.2) is 74.4 Å². The summed E-state index contributed by atoms with van der Waals surface area (Å²) in [7, 11) is 0. The van der Waals surface area contributed by atoms with Crippen LogP contribution in [0.2, 0.25) is 0 Å². The third-order valence-corrected chi connectivity index (χ3v) is 3.10. The second kappa shape index (κ2) is 6.87. The molecule has 0 spiro atoms. The molecule has 1 saturated heterocycles. The number of carboxylic acid groups (broad SMARTS) is 1. The SMILES string of the molecule is [N-]=[N+]=NO[C@@]1(C(=O)O)C[C@H](O)[C@@H](N)[C@H]([C@H](O)[C@H](O)CO)O1. The zero-order valence-electron chi connectivity index (χ0n) is 10.7. The summed E-state index contributed by atoms with van der Waals surface area (Å²) < 4.78 is 5.01. The van der Waals surface area contributed by atoms with Gasteiger partial charge in [-0.25, -0.2) is 4.79 Å². The van der Waals surface area contributed by atoms with Crippen molar-refractivity contribution in [1.29, 1.82) is 0 Å². The minimum atomic E-state index is -2.57. The van der Waals surface area contributed by atoms with Gasteiger partial charge in [-0.1, -0.05) is 0 Å². The first-order valence-electron chi connectivity index (χ1n) is 5.83. The summed E-state index contributed by atoms with van der Waals surface area (Å²) in [5.41, 5.74) is 13.8. The molecule has 1 fully saturated rings. The van der Waals surface area contributed by atoms with Crippen molar-refractivity contribution >= 4 is 5.97 Å². The van der Waals surface area contributed by atoms with Gasteiger partial charge >= 0.3 is 11.8 Å². The first-order valence-corrected chi connectivity index (χ1v) is 5.83. The van der Waals surface area contributed by atoms with E-state index in [0.717, 1.165) is 0 Å². The zero-order valence-corrected chi connectivity index (χ0v) is 10.7. The zero-order chi connectivity index (χ0) is 16.2. The van der Waals surface area contributed by atoms with Gasteiger partial charge in [0.2, 0.25) is 0 Å². The van der Waals surface area contributed by atoms with Crippen molar-refractivity contribution in [3.63, 3.8) is 0 Å². The van der Waals surface area contributed by atoms with Crippen LogP contribution in [0.25, 0.3) is 10.4 Å². The molecule has 1 aliphatic heterocycles. The predicted octanol–water partition coefficient (Wildman–Crippen LogP) is -2.80. The molecule has 7 N–H and O–H groups in total. The molecule has 21 heavy (non-hydrogen) atoms. The van der Waals surface area contributed by atoms with Crippen molar-refractivity contribution in [2.24, 2.45) is 11.0 Å². The minimum absolute atomic E-state index is 0.666. The molecule has 0 bridgehead atoms. The fourth-order valence-electron chi connectivity index (χ4n) is 1.92. The lowest BCUT2D eigenvalue weighted by atomic mass is 9.89. The molecular weight excluding hydrogens is 292 g/mol. The average molecular weight is 308 g/mol. The van der Waals surface area contributed by atoms with E-state index in [1.165, 1.54) is 0 Å². The van der Waals surface area contributed by atoms with Crippen molar-refractivity contribution in [2.45, 2.75) is 42.7 Å². The van der Waals surface area contributed by atoms with Crippen LogP contribution in [0.4, 0.5) is 0 Å². The van der Waals surface area contributed by atoms with E-state index in [2.05, 4.69) is 15.0 Å². The maximum absolute atomic E-state index is 11.3. The summed E-state index contributed by atoms with van der Waals surface area (Å²) in [5, 5.41) is 49.5. The van der Waals surface area contributed by atoms with Crippen molar-refractivity contribution in [3.8, 4) is 0 Å². The highest BCUT2D eigenvalue weighted by molar-refractivity contribution is 5.76. The Morgan fingerprint density at radius 3 is 2.71 bits per heavy atom. The number of azide groups is 1. The first kappa shape index (κ1) is 17.4. The van der Waals surface area contributed by atoms with Gasteiger partial charge in [-0.05, 0) is 5.53 Å². The van der Waals surface area contributed by atoms with E-state index >= 15 is 0 Å². The molecule has 12 heteroatoms. The van der Waals surface area contributed by atoms with Gasteiger partial charge in [0.15, 0.2) is 0 Å². The van der Waals surface area contributed by atoms with E-state index in [0.29, 0.717) is 0 Å². The van der Waals surface area contributed by atoms with Crippen LogP contribution < -0.4 is 5.73 Å². The molecule has 0 aromatic carbocycles. The lowest BCUT2D eigenvalue weighted by Gasteiger charge is -2.44. The quantitative estimate of drug-likeness (QED) is 0.129. The largest absolute Gasteiger partial charge is 0.476 e. The second-order valence-corrected chi connectivity index (χ2v) is 4.49. The Labute approximate surface area is 117 Å². The standard InChI is InChI=1S/C9H16N4O8/c10-5-3(15)1-9(8(18)19,21-13-12-11)20-7(5)6(17)4(16)2-14/h3-7,14-17H,1-2,10H2,(H,18,19)/t3-,4+,5+,6+,7+,9+/m0/s1. The number of rotatable bonds is 6. The molecule has 1 heterocycles. The van der Waals surface area contributed by atoms with Crippen LogP contribution in [0.5, 0.6) is 0 Å². The van der Waals surface area contributed by atoms with Gasteiger partial charge in [0.05, 0.1) is 25.2 Å². The minimum Gasteiger partial charge on any atom is -0.476 e. The molecule has 0 radical (unpaired) electrons. The van der Waals surface area contributed by atoms with Gasteiger partial charge in [0, 0.05) is 4.91 Å². The first-order chi connectivity index (χ1) is 9.79. The molecule has 0 amide bonds. The number of hydrogen-bond acceptors (Lipinski definition) is 9. The number of carboxylic acids is 1. The number of aliphatic hydroxyl groups excluding tert-OH is 4. The highest BCUT2D eigenvalue weighted by Crippen LogP contribution is 2.32. The molecule has 6 atom stereocenters. The smallest absolute Gasteiger partial charge is 0.377 e. The number of nitrogens with two attached hydrogens (primary N) is 1. The van der Waals surface area contributed by atoms with Gasteiger partial charge in [-0.3, -0.25) is 0 Å². The third-order valence-electron chi connectivity index (χ3n) is 3.10. The Morgan fingerprint density at radius 1 is 1.62 bits per heavy atom. The molecule has 0 aromatic heterocycles. The second-order valence-electron chi connectivity index (χ2n) is 4.49. The van der Waals surface area contributed by atoms with E-state index in [-0.39, 0.29) is 0 Å². The molecule has 0 aliphatic carbocycles. The van der Waals surface area contributed by atoms with E-state index < -0.39 is 55.2 Å². The highest BCUT2D eigenvalue weighted by atomic mass is 16.8. The molecular formula is C9H16N4O8. The number of aliphatic carboxylic acids is 1. The van der Waals surface area contributed by atoms with Crippen molar-refractivity contribution in [3.05, 3.63) is 10.4 Å². The van der Waals surface area contributed by atoms with Crippen LogP contribution in [0.1, 0.15) is 6.42 Å². The molecule has 1 aliphatic rings. The topological polar surface area (TPSA) is 211 Å². The Balaban J connectivity index is 3.09. The van der Waals surface area contributed by atoms with E-state index in [1.807, 2.05) is 0 Å². The van der Waals surface area contributed by atoms with Gasteiger partial charge in [0.1, 0.15) is 23.6 Å². The average Bonchev–Trinajstić information content (AvgIpc) is 2.46. The fourth-order valence-corrected chi connectivity index (χ4v) is 1.92. The Kier molecular flexibility index (Phi) is 5.69. The highest BCUT2D eigenvalue weighted by Gasteiger charge is 2.55. The fraction of sp³-hybridized carbons (Fsp3) is 0.889. The Hall–Kier alpha value is -1.66. The van der Waals surface area contributed by atoms with Crippen LogP contribution in [-0.2, 0) is 14.4 Å². The van der Waals surface area contributed by atoms with Crippen LogP contribution in [0.15, 0.2) is 5.28 Å². The molecule has 0 aromatic rings. The summed E-state index contributed by atoms with van der Waals surface area (Å²) >= 11 is 0.